The average Bonchev–Trinajstić information content (AvgIpc) is 2.84. The zero-order chi connectivity index (χ0) is 13.2. The van der Waals surface area contributed by atoms with Gasteiger partial charge in [-0.15, -0.1) is 0 Å². The molecule has 5 heteroatoms. The Hall–Kier alpha value is -1.62. The largest absolute Gasteiger partial charge is 0.458 e. The highest BCUT2D eigenvalue weighted by atomic mass is 16.3. The van der Waals surface area contributed by atoms with E-state index in [0.29, 0.717) is 0 Å². The summed E-state index contributed by atoms with van der Waals surface area (Å²) in [5.74, 6) is 0.945. The van der Waals surface area contributed by atoms with E-state index in [9.17, 15) is 0 Å². The molecule has 0 atom stereocenters. The van der Waals surface area contributed by atoms with Gasteiger partial charge in [0.05, 0.1) is 6.26 Å². The van der Waals surface area contributed by atoms with Gasteiger partial charge in [-0.25, -0.2) is 9.97 Å². The molecule has 0 aliphatic carbocycles. The Kier molecular flexibility index (Phi) is 3.38. The van der Waals surface area contributed by atoms with E-state index in [4.69, 9.17) is 4.42 Å². The zero-order valence-electron chi connectivity index (χ0n) is 11.6. The summed E-state index contributed by atoms with van der Waals surface area (Å²) in [7, 11) is 2.15. The van der Waals surface area contributed by atoms with E-state index in [1.165, 1.54) is 5.56 Å². The van der Waals surface area contributed by atoms with Crippen LogP contribution >= 0.6 is 0 Å². The first-order chi connectivity index (χ1) is 9.29. The average molecular weight is 260 g/mol. The molecule has 1 aliphatic heterocycles. The lowest BCUT2D eigenvalue weighted by molar-refractivity contribution is 0.312. The van der Waals surface area contributed by atoms with E-state index in [2.05, 4.69) is 33.7 Å². The lowest BCUT2D eigenvalue weighted by Crippen LogP contribution is -2.44. The monoisotopic (exact) mass is 260 g/mol. The maximum Gasteiger partial charge on any atom is 0.195 e. The van der Waals surface area contributed by atoms with Crippen LogP contribution in [0.5, 0.6) is 0 Å². The number of likely N-dealkylation sites (N-methyl/N-ethyl adjacent to an activating group) is 1. The van der Waals surface area contributed by atoms with Crippen LogP contribution in [-0.2, 0) is 6.42 Å². The van der Waals surface area contributed by atoms with Crippen LogP contribution in [0, 0.1) is 0 Å². The zero-order valence-corrected chi connectivity index (χ0v) is 11.6. The first-order valence-corrected chi connectivity index (χ1v) is 6.94. The Morgan fingerprint density at radius 1 is 1.21 bits per heavy atom. The minimum Gasteiger partial charge on any atom is -0.458 e. The van der Waals surface area contributed by atoms with Crippen LogP contribution in [0.15, 0.2) is 17.0 Å². The van der Waals surface area contributed by atoms with Gasteiger partial charge in [0.1, 0.15) is 11.8 Å². The molecule has 0 radical (unpaired) electrons. The van der Waals surface area contributed by atoms with Crippen molar-refractivity contribution in [3.8, 4) is 0 Å². The van der Waals surface area contributed by atoms with Crippen molar-refractivity contribution < 1.29 is 4.42 Å². The first kappa shape index (κ1) is 12.4. The van der Waals surface area contributed by atoms with Gasteiger partial charge in [-0.1, -0.05) is 13.3 Å². The van der Waals surface area contributed by atoms with Crippen molar-refractivity contribution in [3.05, 3.63) is 18.2 Å². The summed E-state index contributed by atoms with van der Waals surface area (Å²) in [6, 6.07) is 0. The van der Waals surface area contributed by atoms with Crippen molar-refractivity contribution in [2.75, 3.05) is 38.1 Å². The van der Waals surface area contributed by atoms with Crippen LogP contribution in [0.25, 0.3) is 11.1 Å². The van der Waals surface area contributed by atoms with Crippen molar-refractivity contribution >= 4 is 16.9 Å². The summed E-state index contributed by atoms with van der Waals surface area (Å²) in [6.45, 7) is 6.28. The number of aryl methyl sites for hydroxylation is 1. The highest BCUT2D eigenvalue weighted by molar-refractivity contribution is 5.86. The summed E-state index contributed by atoms with van der Waals surface area (Å²) in [4.78, 5) is 13.4. The molecule has 0 bridgehead atoms. The molecule has 0 spiro atoms. The van der Waals surface area contributed by atoms with Crippen LogP contribution in [0.3, 0.4) is 0 Å². The molecule has 3 heterocycles. The van der Waals surface area contributed by atoms with Crippen LogP contribution in [-0.4, -0.2) is 48.1 Å². The molecule has 0 unspecified atom stereocenters. The normalized spacial score (nSPS) is 17.3. The van der Waals surface area contributed by atoms with E-state index in [0.717, 1.165) is 55.9 Å². The molecule has 1 fully saturated rings. The van der Waals surface area contributed by atoms with Crippen LogP contribution in [0.1, 0.15) is 18.9 Å². The fourth-order valence-corrected chi connectivity index (χ4v) is 2.58. The molecule has 2 aromatic heterocycles. The number of anilines is 1. The number of furan rings is 1. The summed E-state index contributed by atoms with van der Waals surface area (Å²) in [6.07, 6.45) is 5.60. The maximum absolute atomic E-state index is 5.73. The summed E-state index contributed by atoms with van der Waals surface area (Å²) >= 11 is 0. The van der Waals surface area contributed by atoms with Crippen molar-refractivity contribution in [2.24, 2.45) is 0 Å². The van der Waals surface area contributed by atoms with E-state index in [-0.39, 0.29) is 0 Å². The molecule has 0 aromatic carbocycles. The standard InChI is InChI=1S/C14H20N4O/c1-3-4-11-9-19-13-12(11)15-10-16-14(13)18-7-5-17(2)6-8-18/h9-10H,3-8H2,1-2H3. The SMILES string of the molecule is CCCc1coc2c(N3CCN(C)CC3)ncnc12. The van der Waals surface area contributed by atoms with Gasteiger partial charge in [0.15, 0.2) is 11.4 Å². The molecule has 0 N–H and O–H groups in total. The Morgan fingerprint density at radius 3 is 2.74 bits per heavy atom. The van der Waals surface area contributed by atoms with Gasteiger partial charge in [-0.05, 0) is 13.5 Å². The third kappa shape index (κ3) is 2.30. The summed E-state index contributed by atoms with van der Waals surface area (Å²) in [5.41, 5.74) is 3.01. The predicted octanol–water partition coefficient (Wildman–Crippen LogP) is 1.93. The molecule has 1 aliphatic rings. The second-order valence-corrected chi connectivity index (χ2v) is 5.18. The topological polar surface area (TPSA) is 45.4 Å². The van der Waals surface area contributed by atoms with Gasteiger partial charge < -0.3 is 14.2 Å². The minimum absolute atomic E-state index is 0.843. The highest BCUT2D eigenvalue weighted by Gasteiger charge is 2.20. The Morgan fingerprint density at radius 2 is 2.00 bits per heavy atom. The van der Waals surface area contributed by atoms with Gasteiger partial charge in [-0.3, -0.25) is 0 Å². The number of aromatic nitrogens is 2. The molecule has 0 amide bonds. The second-order valence-electron chi connectivity index (χ2n) is 5.18. The Bertz CT molecular complexity index is 558. The lowest BCUT2D eigenvalue weighted by atomic mass is 10.2. The molecule has 0 saturated carbocycles. The van der Waals surface area contributed by atoms with Crippen LogP contribution < -0.4 is 4.90 Å². The molecule has 3 rings (SSSR count). The molecule has 2 aromatic rings. The van der Waals surface area contributed by atoms with Crippen LogP contribution in [0.4, 0.5) is 5.82 Å². The molecule has 5 nitrogen and oxygen atoms in total. The van der Waals surface area contributed by atoms with E-state index >= 15 is 0 Å². The van der Waals surface area contributed by atoms with Crippen molar-refractivity contribution in [1.82, 2.24) is 14.9 Å². The van der Waals surface area contributed by atoms with Crippen molar-refractivity contribution in [3.63, 3.8) is 0 Å². The maximum atomic E-state index is 5.73. The number of fused-ring (bicyclic) bond motifs is 1. The van der Waals surface area contributed by atoms with Gasteiger partial charge in [0.2, 0.25) is 0 Å². The van der Waals surface area contributed by atoms with Gasteiger partial charge in [0.25, 0.3) is 0 Å². The quantitative estimate of drug-likeness (QED) is 0.843. The molecule has 19 heavy (non-hydrogen) atoms. The third-order valence-electron chi connectivity index (χ3n) is 3.73. The number of hydrogen-bond donors (Lipinski definition) is 0. The van der Waals surface area contributed by atoms with E-state index < -0.39 is 0 Å². The lowest BCUT2D eigenvalue weighted by Gasteiger charge is -2.32. The Labute approximate surface area is 113 Å². The Balaban J connectivity index is 1.95. The third-order valence-corrected chi connectivity index (χ3v) is 3.73. The minimum atomic E-state index is 0.843. The second kappa shape index (κ2) is 5.17. The predicted molar refractivity (Wildman–Crippen MR) is 75.5 cm³/mol. The molecular weight excluding hydrogens is 240 g/mol. The smallest absolute Gasteiger partial charge is 0.195 e. The molecule has 1 saturated heterocycles. The number of nitrogens with zero attached hydrogens (tertiary/aromatic N) is 4. The van der Waals surface area contributed by atoms with Crippen molar-refractivity contribution in [1.29, 1.82) is 0 Å². The first-order valence-electron chi connectivity index (χ1n) is 6.94. The fourth-order valence-electron chi connectivity index (χ4n) is 2.58. The number of piperazine rings is 1. The van der Waals surface area contributed by atoms with E-state index in [1.807, 2.05) is 6.26 Å². The fraction of sp³-hybridized carbons (Fsp3) is 0.571. The van der Waals surface area contributed by atoms with Crippen molar-refractivity contribution in [2.45, 2.75) is 19.8 Å². The summed E-state index contributed by atoms with van der Waals surface area (Å²) < 4.78 is 5.73. The number of hydrogen-bond acceptors (Lipinski definition) is 5. The highest BCUT2D eigenvalue weighted by Crippen LogP contribution is 2.28. The molecular formula is C14H20N4O. The molecule has 102 valence electrons. The van der Waals surface area contributed by atoms with Gasteiger partial charge >= 0.3 is 0 Å². The van der Waals surface area contributed by atoms with Crippen LogP contribution in [0.2, 0.25) is 0 Å². The van der Waals surface area contributed by atoms with E-state index in [1.54, 1.807) is 6.33 Å². The van der Waals surface area contributed by atoms with Gasteiger partial charge in [-0.2, -0.15) is 0 Å². The summed E-state index contributed by atoms with van der Waals surface area (Å²) in [5, 5.41) is 0. The number of rotatable bonds is 3. The van der Waals surface area contributed by atoms with Gasteiger partial charge in [0, 0.05) is 31.7 Å².